The van der Waals surface area contributed by atoms with E-state index in [1.54, 1.807) is 18.2 Å². The Morgan fingerprint density at radius 3 is 2.69 bits per heavy atom. The fourth-order valence-electron chi connectivity index (χ4n) is 1.15. The first-order valence-electron chi connectivity index (χ1n) is 4.68. The summed E-state index contributed by atoms with van der Waals surface area (Å²) in [6.45, 7) is 1.50. The first-order chi connectivity index (χ1) is 7.60. The smallest absolute Gasteiger partial charge is 0.258 e. The van der Waals surface area contributed by atoms with Crippen molar-refractivity contribution in [3.8, 4) is 11.5 Å². The number of nitrogens with two attached hydrogens (primary N) is 1. The molecule has 1 atom stereocenters. The van der Waals surface area contributed by atoms with Crippen molar-refractivity contribution in [3.05, 3.63) is 23.8 Å². The summed E-state index contributed by atoms with van der Waals surface area (Å²) >= 11 is 0. The van der Waals surface area contributed by atoms with Gasteiger partial charge in [0, 0.05) is 0 Å². The Bertz CT molecular complexity index is 403. The summed E-state index contributed by atoms with van der Waals surface area (Å²) in [5, 5.41) is 0. The van der Waals surface area contributed by atoms with E-state index in [2.05, 4.69) is 0 Å². The van der Waals surface area contributed by atoms with Crippen LogP contribution in [-0.4, -0.2) is 25.4 Å². The van der Waals surface area contributed by atoms with E-state index in [-0.39, 0.29) is 5.75 Å². The fraction of sp³-hybridized carbons (Fsp3) is 0.273. The predicted molar refractivity (Wildman–Crippen MR) is 57.7 cm³/mol. The summed E-state index contributed by atoms with van der Waals surface area (Å²) in [6.07, 6.45) is -0.194. The summed E-state index contributed by atoms with van der Waals surface area (Å²) in [7, 11) is 1.45. The topological polar surface area (TPSA) is 78.6 Å². The van der Waals surface area contributed by atoms with Crippen LogP contribution in [0.3, 0.4) is 0 Å². The zero-order chi connectivity index (χ0) is 12.1. The van der Waals surface area contributed by atoms with Gasteiger partial charge in [-0.25, -0.2) is 0 Å². The van der Waals surface area contributed by atoms with Crippen LogP contribution in [0.2, 0.25) is 0 Å². The minimum absolute atomic E-state index is 0.228. The molecule has 0 spiro atoms. The van der Waals surface area contributed by atoms with Crippen molar-refractivity contribution in [1.82, 2.24) is 0 Å². The standard InChI is InChI=1S/C11H13NO4/c1-7(11(12)14)16-10-8(6-13)4-3-5-9(10)15-2/h3-7H,1-2H3,(H2,12,14). The maximum atomic E-state index is 10.9. The average Bonchev–Trinajstić information content (AvgIpc) is 2.29. The number of aldehydes is 1. The third kappa shape index (κ3) is 2.50. The highest BCUT2D eigenvalue weighted by molar-refractivity contribution is 5.83. The maximum absolute atomic E-state index is 10.9. The minimum atomic E-state index is -0.824. The molecule has 5 nitrogen and oxygen atoms in total. The quantitative estimate of drug-likeness (QED) is 0.747. The van der Waals surface area contributed by atoms with E-state index in [1.165, 1.54) is 14.0 Å². The van der Waals surface area contributed by atoms with E-state index >= 15 is 0 Å². The van der Waals surface area contributed by atoms with E-state index < -0.39 is 12.0 Å². The molecular formula is C11H13NO4. The van der Waals surface area contributed by atoms with Gasteiger partial charge in [-0.15, -0.1) is 0 Å². The van der Waals surface area contributed by atoms with E-state index in [4.69, 9.17) is 15.2 Å². The number of ether oxygens (including phenoxy) is 2. The van der Waals surface area contributed by atoms with Gasteiger partial charge in [0.15, 0.2) is 23.9 Å². The van der Waals surface area contributed by atoms with Gasteiger partial charge in [0.05, 0.1) is 12.7 Å². The first kappa shape index (κ1) is 12.0. The molecule has 0 aliphatic carbocycles. The molecule has 1 aromatic carbocycles. The maximum Gasteiger partial charge on any atom is 0.258 e. The molecule has 0 aliphatic heterocycles. The average molecular weight is 223 g/mol. The van der Waals surface area contributed by atoms with Crippen LogP contribution in [0.4, 0.5) is 0 Å². The number of methoxy groups -OCH3 is 1. The van der Waals surface area contributed by atoms with Gasteiger partial charge in [0.25, 0.3) is 5.91 Å². The van der Waals surface area contributed by atoms with E-state index in [9.17, 15) is 9.59 Å². The molecule has 0 saturated heterocycles. The van der Waals surface area contributed by atoms with E-state index in [0.717, 1.165) is 0 Å². The summed E-state index contributed by atoms with van der Waals surface area (Å²) in [5.41, 5.74) is 5.39. The summed E-state index contributed by atoms with van der Waals surface area (Å²) in [5.74, 6) is 0.00625. The minimum Gasteiger partial charge on any atom is -0.493 e. The number of primary amides is 1. The Balaban J connectivity index is 3.08. The molecule has 0 heterocycles. The van der Waals surface area contributed by atoms with Crippen LogP contribution in [0.25, 0.3) is 0 Å². The molecule has 2 N–H and O–H groups in total. The molecule has 0 bridgehead atoms. The van der Waals surface area contributed by atoms with Crippen molar-refractivity contribution in [1.29, 1.82) is 0 Å². The van der Waals surface area contributed by atoms with Gasteiger partial charge in [-0.05, 0) is 19.1 Å². The van der Waals surface area contributed by atoms with Gasteiger partial charge in [0.1, 0.15) is 0 Å². The Kier molecular flexibility index (Phi) is 3.88. The third-order valence-corrected chi connectivity index (χ3v) is 2.05. The zero-order valence-corrected chi connectivity index (χ0v) is 9.10. The summed E-state index contributed by atoms with van der Waals surface area (Å²) in [4.78, 5) is 21.7. The third-order valence-electron chi connectivity index (χ3n) is 2.05. The molecule has 1 amide bonds. The Morgan fingerprint density at radius 2 is 2.19 bits per heavy atom. The lowest BCUT2D eigenvalue weighted by molar-refractivity contribution is -0.124. The molecule has 16 heavy (non-hydrogen) atoms. The summed E-state index contributed by atoms with van der Waals surface area (Å²) < 4.78 is 10.3. The molecule has 1 aromatic rings. The van der Waals surface area contributed by atoms with Crippen LogP contribution < -0.4 is 15.2 Å². The number of hydrogen-bond donors (Lipinski definition) is 1. The van der Waals surface area contributed by atoms with Crippen molar-refractivity contribution in [2.45, 2.75) is 13.0 Å². The highest BCUT2D eigenvalue weighted by Crippen LogP contribution is 2.30. The van der Waals surface area contributed by atoms with Crippen LogP contribution in [-0.2, 0) is 4.79 Å². The fourth-order valence-corrected chi connectivity index (χ4v) is 1.15. The second kappa shape index (κ2) is 5.16. The normalized spacial score (nSPS) is 11.6. The van der Waals surface area contributed by atoms with Gasteiger partial charge in [-0.1, -0.05) is 6.07 Å². The molecule has 1 unspecified atom stereocenters. The van der Waals surface area contributed by atoms with Crippen LogP contribution in [0, 0.1) is 0 Å². The van der Waals surface area contributed by atoms with Crippen LogP contribution in [0.5, 0.6) is 11.5 Å². The highest BCUT2D eigenvalue weighted by Gasteiger charge is 2.16. The number of amides is 1. The molecule has 0 aliphatic rings. The van der Waals surface area contributed by atoms with Gasteiger partial charge in [0.2, 0.25) is 0 Å². The van der Waals surface area contributed by atoms with Gasteiger partial charge in [-0.2, -0.15) is 0 Å². The molecule has 0 fully saturated rings. The number of carbonyl (C=O) groups is 2. The lowest BCUT2D eigenvalue weighted by atomic mass is 10.2. The van der Waals surface area contributed by atoms with Gasteiger partial charge >= 0.3 is 0 Å². The van der Waals surface area contributed by atoms with Crippen LogP contribution >= 0.6 is 0 Å². The van der Waals surface area contributed by atoms with Crippen molar-refractivity contribution in [3.63, 3.8) is 0 Å². The first-order valence-corrected chi connectivity index (χ1v) is 4.68. The molecule has 0 radical (unpaired) electrons. The Hall–Kier alpha value is -2.04. The SMILES string of the molecule is COc1cccc(C=O)c1OC(C)C(N)=O. The predicted octanol–water partition coefficient (Wildman–Crippen LogP) is 0.760. The Labute approximate surface area is 93.1 Å². The largest absolute Gasteiger partial charge is 0.493 e. The van der Waals surface area contributed by atoms with E-state index in [1.807, 2.05) is 0 Å². The molecule has 0 aromatic heterocycles. The number of para-hydroxylation sites is 1. The molecule has 86 valence electrons. The zero-order valence-electron chi connectivity index (χ0n) is 9.10. The van der Waals surface area contributed by atoms with Crippen molar-refractivity contribution in [2.24, 2.45) is 5.73 Å². The molecule has 5 heteroatoms. The van der Waals surface area contributed by atoms with Crippen molar-refractivity contribution in [2.75, 3.05) is 7.11 Å². The monoisotopic (exact) mass is 223 g/mol. The number of benzene rings is 1. The Morgan fingerprint density at radius 1 is 1.50 bits per heavy atom. The van der Waals surface area contributed by atoms with Crippen molar-refractivity contribution < 1.29 is 19.1 Å². The molecule has 0 saturated carbocycles. The number of hydrogen-bond acceptors (Lipinski definition) is 4. The lowest BCUT2D eigenvalue weighted by Crippen LogP contribution is -2.31. The van der Waals surface area contributed by atoms with Crippen LogP contribution in [0.15, 0.2) is 18.2 Å². The van der Waals surface area contributed by atoms with Crippen molar-refractivity contribution >= 4 is 12.2 Å². The lowest BCUT2D eigenvalue weighted by Gasteiger charge is -2.15. The highest BCUT2D eigenvalue weighted by atomic mass is 16.5. The molecular weight excluding hydrogens is 210 g/mol. The second-order valence-electron chi connectivity index (χ2n) is 3.16. The van der Waals surface area contributed by atoms with Crippen LogP contribution in [0.1, 0.15) is 17.3 Å². The number of rotatable bonds is 5. The van der Waals surface area contributed by atoms with E-state index in [0.29, 0.717) is 17.6 Å². The van der Waals surface area contributed by atoms with Gasteiger partial charge in [-0.3, -0.25) is 9.59 Å². The summed E-state index contributed by atoms with van der Waals surface area (Å²) in [6, 6.07) is 4.86. The molecule has 1 rings (SSSR count). The number of carbonyl (C=O) groups excluding carboxylic acids is 2. The second-order valence-corrected chi connectivity index (χ2v) is 3.16. The van der Waals surface area contributed by atoms with Gasteiger partial charge < -0.3 is 15.2 Å².